The number of nitrogens with one attached hydrogen (secondary N) is 1. The van der Waals surface area contributed by atoms with Crippen molar-refractivity contribution in [2.24, 2.45) is 5.92 Å². The molecule has 0 saturated heterocycles. The van der Waals surface area contributed by atoms with Gasteiger partial charge in [-0.2, -0.15) is 0 Å². The molecule has 2 aromatic heterocycles. The van der Waals surface area contributed by atoms with E-state index in [1.165, 1.54) is 0 Å². The number of aryl methyl sites for hydroxylation is 1. The molecule has 10 heteroatoms. The molecule has 1 N–H and O–H groups in total. The van der Waals surface area contributed by atoms with Crippen molar-refractivity contribution >= 4 is 35.4 Å². The number of carbonyl (C=O) groups is 2. The standard InChI is InChI=1S/C20H23N3O5S2/c1-3-26-19(25)16-13-6-4-5-7-14(13)30-18(16)21-15(24)10-29-20-23-22-17(28-20)12-8-9-27-11(12)2/h8-9,13-14H,3-7,10H2,1-2H3,(H,21,24)/t13-,14+/m0/s1. The van der Waals surface area contributed by atoms with Crippen molar-refractivity contribution in [1.29, 1.82) is 0 Å². The topological polar surface area (TPSA) is 107 Å². The first-order valence-corrected chi connectivity index (χ1v) is 11.8. The van der Waals surface area contributed by atoms with Crippen LogP contribution in [-0.4, -0.2) is 39.7 Å². The lowest BCUT2D eigenvalue weighted by atomic mass is 9.84. The lowest BCUT2D eigenvalue weighted by Crippen LogP contribution is -2.26. The van der Waals surface area contributed by atoms with E-state index in [4.69, 9.17) is 13.6 Å². The molecule has 2 atom stereocenters. The van der Waals surface area contributed by atoms with Gasteiger partial charge in [0, 0.05) is 11.2 Å². The summed E-state index contributed by atoms with van der Waals surface area (Å²) in [5, 5.41) is 12.2. The van der Waals surface area contributed by atoms with Gasteiger partial charge >= 0.3 is 5.97 Å². The van der Waals surface area contributed by atoms with Crippen molar-refractivity contribution in [1.82, 2.24) is 15.5 Å². The van der Waals surface area contributed by atoms with E-state index in [2.05, 4.69) is 15.5 Å². The van der Waals surface area contributed by atoms with E-state index in [0.717, 1.165) is 43.0 Å². The van der Waals surface area contributed by atoms with Crippen molar-refractivity contribution in [3.63, 3.8) is 0 Å². The Morgan fingerprint density at radius 1 is 1.33 bits per heavy atom. The Morgan fingerprint density at radius 2 is 2.17 bits per heavy atom. The number of thioether (sulfide) groups is 2. The first kappa shape index (κ1) is 21.0. The van der Waals surface area contributed by atoms with Crippen LogP contribution in [0.5, 0.6) is 0 Å². The van der Waals surface area contributed by atoms with Crippen LogP contribution in [0.2, 0.25) is 0 Å². The third-order valence-electron chi connectivity index (χ3n) is 5.16. The molecule has 2 aromatic rings. The van der Waals surface area contributed by atoms with Crippen molar-refractivity contribution in [2.45, 2.75) is 50.0 Å². The second-order valence-corrected chi connectivity index (χ2v) is 9.29. The van der Waals surface area contributed by atoms with Crippen LogP contribution in [0.3, 0.4) is 0 Å². The van der Waals surface area contributed by atoms with Crippen LogP contribution in [0.4, 0.5) is 0 Å². The molecular weight excluding hydrogens is 426 g/mol. The fourth-order valence-electron chi connectivity index (χ4n) is 3.77. The number of carbonyl (C=O) groups excluding carboxylic acids is 2. The predicted molar refractivity (Wildman–Crippen MR) is 113 cm³/mol. The highest BCUT2D eigenvalue weighted by Gasteiger charge is 2.41. The average Bonchev–Trinajstić information content (AvgIpc) is 3.44. The minimum Gasteiger partial charge on any atom is -0.469 e. The summed E-state index contributed by atoms with van der Waals surface area (Å²) in [7, 11) is 0. The van der Waals surface area contributed by atoms with Crippen molar-refractivity contribution < 1.29 is 23.2 Å². The minimum absolute atomic E-state index is 0.0987. The number of fused-ring (bicyclic) bond motifs is 1. The molecule has 0 radical (unpaired) electrons. The fourth-order valence-corrected chi connectivity index (χ4v) is 5.90. The third kappa shape index (κ3) is 4.44. The normalized spacial score (nSPS) is 20.9. The van der Waals surface area contributed by atoms with E-state index in [9.17, 15) is 9.59 Å². The number of amides is 1. The van der Waals surface area contributed by atoms with Crippen LogP contribution in [0.15, 0.2) is 37.0 Å². The highest BCUT2D eigenvalue weighted by atomic mass is 32.2. The van der Waals surface area contributed by atoms with Crippen LogP contribution in [0.25, 0.3) is 11.5 Å². The summed E-state index contributed by atoms with van der Waals surface area (Å²) in [5.74, 6) is 0.753. The van der Waals surface area contributed by atoms with Crippen molar-refractivity contribution in [3.8, 4) is 11.5 Å². The molecule has 4 rings (SSSR count). The minimum atomic E-state index is -0.320. The molecule has 0 bridgehead atoms. The molecule has 1 aliphatic heterocycles. The van der Waals surface area contributed by atoms with Crippen LogP contribution < -0.4 is 5.32 Å². The maximum Gasteiger partial charge on any atom is 0.336 e. The summed E-state index contributed by atoms with van der Waals surface area (Å²) in [6, 6.07) is 1.75. The van der Waals surface area contributed by atoms with Crippen LogP contribution in [-0.2, 0) is 14.3 Å². The Balaban J connectivity index is 1.40. The van der Waals surface area contributed by atoms with Gasteiger partial charge < -0.3 is 18.9 Å². The molecule has 1 amide bonds. The number of hydrogen-bond donors (Lipinski definition) is 1. The summed E-state index contributed by atoms with van der Waals surface area (Å²) in [5.41, 5.74) is 1.36. The van der Waals surface area contributed by atoms with Gasteiger partial charge in [0.2, 0.25) is 5.91 Å². The number of esters is 1. The van der Waals surface area contributed by atoms with Crippen LogP contribution in [0, 0.1) is 12.8 Å². The molecule has 3 heterocycles. The molecule has 0 unspecified atom stereocenters. The number of nitrogens with zero attached hydrogens (tertiary/aromatic N) is 2. The van der Waals surface area contributed by atoms with Gasteiger partial charge in [-0.05, 0) is 32.8 Å². The molecule has 160 valence electrons. The zero-order valence-corrected chi connectivity index (χ0v) is 18.4. The van der Waals surface area contributed by atoms with E-state index >= 15 is 0 Å². The number of hydrogen-bond acceptors (Lipinski definition) is 9. The molecule has 0 aromatic carbocycles. The fraction of sp³-hybridized carbons (Fsp3) is 0.500. The third-order valence-corrected chi connectivity index (χ3v) is 7.40. The summed E-state index contributed by atoms with van der Waals surface area (Å²) < 4.78 is 16.1. The highest BCUT2D eigenvalue weighted by Crippen LogP contribution is 2.48. The lowest BCUT2D eigenvalue weighted by molar-refractivity contribution is -0.139. The van der Waals surface area contributed by atoms with Crippen molar-refractivity contribution in [3.05, 3.63) is 28.7 Å². The van der Waals surface area contributed by atoms with Crippen molar-refractivity contribution in [2.75, 3.05) is 12.4 Å². The van der Waals surface area contributed by atoms with Gasteiger partial charge in [-0.3, -0.25) is 4.79 Å². The Labute approximate surface area is 182 Å². The van der Waals surface area contributed by atoms with E-state index in [1.807, 2.05) is 6.92 Å². The second kappa shape index (κ2) is 9.30. The summed E-state index contributed by atoms with van der Waals surface area (Å²) in [6.45, 7) is 3.92. The summed E-state index contributed by atoms with van der Waals surface area (Å²) in [4.78, 5) is 25.1. The Morgan fingerprint density at radius 3 is 2.93 bits per heavy atom. The summed E-state index contributed by atoms with van der Waals surface area (Å²) in [6.07, 6.45) is 5.80. The maximum absolute atomic E-state index is 12.6. The molecule has 1 aliphatic carbocycles. The predicted octanol–water partition coefficient (Wildman–Crippen LogP) is 3.93. The molecule has 30 heavy (non-hydrogen) atoms. The molecule has 1 fully saturated rings. The molecule has 1 saturated carbocycles. The van der Waals surface area contributed by atoms with Gasteiger partial charge in [0.15, 0.2) is 0 Å². The monoisotopic (exact) mass is 449 g/mol. The molecule has 0 spiro atoms. The second-order valence-electron chi connectivity index (χ2n) is 7.11. The van der Waals surface area contributed by atoms with Crippen LogP contribution in [0.1, 0.15) is 38.4 Å². The quantitative estimate of drug-likeness (QED) is 0.497. The molecular formula is C20H23N3O5S2. The van der Waals surface area contributed by atoms with Gasteiger partial charge in [-0.25, -0.2) is 4.79 Å². The first-order chi connectivity index (χ1) is 14.6. The van der Waals surface area contributed by atoms with E-state index in [1.54, 1.807) is 31.0 Å². The van der Waals surface area contributed by atoms with Gasteiger partial charge in [-0.1, -0.05) is 24.6 Å². The SMILES string of the molecule is CCOC(=O)C1=C(NC(=O)CSc2nnc(-c3ccoc3C)o2)S[C@@H]2CCCC[C@H]12. The van der Waals surface area contributed by atoms with Gasteiger partial charge in [0.1, 0.15) is 5.76 Å². The number of furan rings is 1. The van der Waals surface area contributed by atoms with E-state index in [0.29, 0.717) is 39.3 Å². The smallest absolute Gasteiger partial charge is 0.336 e. The van der Waals surface area contributed by atoms with E-state index < -0.39 is 0 Å². The first-order valence-electron chi connectivity index (χ1n) is 9.95. The van der Waals surface area contributed by atoms with Gasteiger partial charge in [0.25, 0.3) is 11.1 Å². The Hall–Kier alpha value is -2.20. The zero-order chi connectivity index (χ0) is 21.1. The Kier molecular flexibility index (Phi) is 6.52. The lowest BCUT2D eigenvalue weighted by Gasteiger charge is -2.25. The Bertz CT molecular complexity index is 967. The maximum atomic E-state index is 12.6. The molecule has 8 nitrogen and oxygen atoms in total. The van der Waals surface area contributed by atoms with E-state index in [-0.39, 0.29) is 23.5 Å². The number of aromatic nitrogens is 2. The number of rotatable bonds is 7. The summed E-state index contributed by atoms with van der Waals surface area (Å²) >= 11 is 2.74. The zero-order valence-electron chi connectivity index (χ0n) is 16.8. The largest absolute Gasteiger partial charge is 0.469 e. The average molecular weight is 450 g/mol. The van der Waals surface area contributed by atoms with Gasteiger partial charge in [0.05, 0.1) is 34.8 Å². The molecule has 2 aliphatic rings. The highest BCUT2D eigenvalue weighted by molar-refractivity contribution is 8.04. The van der Waals surface area contributed by atoms with Crippen LogP contribution >= 0.6 is 23.5 Å². The van der Waals surface area contributed by atoms with Gasteiger partial charge in [-0.15, -0.1) is 22.0 Å². The number of ether oxygens (including phenoxy) is 1.